The first-order valence-corrected chi connectivity index (χ1v) is 7.62. The Hall–Kier alpha value is 0.730. The van der Waals surface area contributed by atoms with E-state index in [1.54, 1.807) is 0 Å². The number of rotatable bonds is 5. The minimum Gasteiger partial charge on any atom is -0.373 e. The summed E-state index contributed by atoms with van der Waals surface area (Å²) in [4.78, 5) is 0. The Labute approximate surface area is 107 Å². The lowest BCUT2D eigenvalue weighted by Gasteiger charge is -2.27. The summed E-state index contributed by atoms with van der Waals surface area (Å²) in [5.74, 6) is 1.32. The van der Waals surface area contributed by atoms with Gasteiger partial charge >= 0.3 is 0 Å². The summed E-state index contributed by atoms with van der Waals surface area (Å²) in [6, 6.07) is 0. The topological polar surface area (TPSA) is 9.23 Å². The molecule has 0 bridgehead atoms. The van der Waals surface area contributed by atoms with E-state index in [1.165, 1.54) is 38.5 Å². The molecular formula is C12H22BrClO. The Morgan fingerprint density at radius 1 is 1.27 bits per heavy atom. The van der Waals surface area contributed by atoms with Crippen molar-refractivity contribution in [2.75, 3.05) is 17.8 Å². The van der Waals surface area contributed by atoms with Crippen LogP contribution in [0.2, 0.25) is 0 Å². The number of halogens is 2. The normalized spacial score (nSPS) is 23.4. The summed E-state index contributed by atoms with van der Waals surface area (Å²) < 4.78 is 5.94. The fraction of sp³-hybridized carbons (Fsp3) is 1.00. The molecule has 0 saturated heterocycles. The molecule has 0 spiro atoms. The van der Waals surface area contributed by atoms with Crippen molar-refractivity contribution in [1.29, 1.82) is 0 Å². The highest BCUT2D eigenvalue weighted by Crippen LogP contribution is 2.25. The van der Waals surface area contributed by atoms with Crippen LogP contribution in [0.5, 0.6) is 0 Å². The fourth-order valence-corrected chi connectivity index (χ4v) is 2.72. The summed E-state index contributed by atoms with van der Waals surface area (Å²) in [5, 5.41) is 0.816. The summed E-state index contributed by atoms with van der Waals surface area (Å²) in [6.45, 7) is 2.96. The second kappa shape index (κ2) is 7.13. The molecule has 0 N–H and O–H groups in total. The maximum atomic E-state index is 5.94. The van der Waals surface area contributed by atoms with E-state index in [-0.39, 0.29) is 5.60 Å². The Balaban J connectivity index is 2.27. The Morgan fingerprint density at radius 3 is 2.33 bits per heavy atom. The zero-order chi connectivity index (χ0) is 11.1. The van der Waals surface area contributed by atoms with Crippen LogP contribution in [-0.4, -0.2) is 23.4 Å². The van der Waals surface area contributed by atoms with Gasteiger partial charge in [-0.05, 0) is 25.7 Å². The molecule has 3 heteroatoms. The highest BCUT2D eigenvalue weighted by Gasteiger charge is 2.24. The molecule has 0 aromatic carbocycles. The van der Waals surface area contributed by atoms with Crippen molar-refractivity contribution >= 4 is 27.5 Å². The molecule has 0 aromatic heterocycles. The van der Waals surface area contributed by atoms with Crippen LogP contribution in [0.1, 0.15) is 45.4 Å². The second-order valence-corrected chi connectivity index (χ2v) is 5.71. The molecule has 1 saturated carbocycles. The summed E-state index contributed by atoms with van der Waals surface area (Å²) in [6.07, 6.45) is 8.23. The van der Waals surface area contributed by atoms with Gasteiger partial charge in [0.2, 0.25) is 0 Å². The molecule has 1 aliphatic carbocycles. The molecule has 1 unspecified atom stereocenters. The van der Waals surface area contributed by atoms with Crippen LogP contribution in [-0.2, 0) is 4.74 Å². The van der Waals surface area contributed by atoms with Gasteiger partial charge in [0.15, 0.2) is 0 Å². The largest absolute Gasteiger partial charge is 0.373 e. The monoisotopic (exact) mass is 296 g/mol. The Kier molecular flexibility index (Phi) is 6.56. The third kappa shape index (κ3) is 5.06. The van der Waals surface area contributed by atoms with Gasteiger partial charge < -0.3 is 4.74 Å². The molecule has 1 atom stereocenters. The van der Waals surface area contributed by atoms with E-state index in [0.29, 0.717) is 5.88 Å². The lowest BCUT2D eigenvalue weighted by molar-refractivity contribution is -0.0178. The molecule has 0 aliphatic heterocycles. The molecular weight excluding hydrogens is 275 g/mol. The smallest absolute Gasteiger partial charge is 0.0885 e. The predicted molar refractivity (Wildman–Crippen MR) is 70.1 cm³/mol. The quantitative estimate of drug-likeness (QED) is 0.541. The number of hydrogen-bond acceptors (Lipinski definition) is 1. The van der Waals surface area contributed by atoms with Crippen molar-refractivity contribution in [3.05, 3.63) is 0 Å². The van der Waals surface area contributed by atoms with Gasteiger partial charge in [-0.3, -0.25) is 0 Å². The van der Waals surface area contributed by atoms with Gasteiger partial charge in [0, 0.05) is 5.33 Å². The minimum absolute atomic E-state index is 0.187. The van der Waals surface area contributed by atoms with E-state index in [9.17, 15) is 0 Å². The van der Waals surface area contributed by atoms with E-state index < -0.39 is 0 Å². The molecule has 0 radical (unpaired) electrons. The second-order valence-electron chi connectivity index (χ2n) is 4.89. The number of hydrogen-bond donors (Lipinski definition) is 0. The average molecular weight is 298 g/mol. The first-order valence-electron chi connectivity index (χ1n) is 5.96. The van der Waals surface area contributed by atoms with E-state index in [4.69, 9.17) is 16.3 Å². The first kappa shape index (κ1) is 13.8. The van der Waals surface area contributed by atoms with E-state index in [0.717, 1.165) is 17.9 Å². The van der Waals surface area contributed by atoms with Crippen LogP contribution in [0, 0.1) is 5.92 Å². The van der Waals surface area contributed by atoms with Crippen LogP contribution < -0.4 is 0 Å². The van der Waals surface area contributed by atoms with Crippen molar-refractivity contribution < 1.29 is 4.74 Å². The summed E-state index contributed by atoms with van der Waals surface area (Å²) in [5.41, 5.74) is -0.187. The van der Waals surface area contributed by atoms with Crippen molar-refractivity contribution in [2.45, 2.75) is 51.0 Å². The lowest BCUT2D eigenvalue weighted by Crippen LogP contribution is -2.34. The molecule has 0 aromatic rings. The number of ether oxygens (including phenoxy) is 1. The van der Waals surface area contributed by atoms with Crippen molar-refractivity contribution in [1.82, 2.24) is 0 Å². The predicted octanol–water partition coefficient (Wildman–Crippen LogP) is 4.37. The maximum Gasteiger partial charge on any atom is 0.0885 e. The van der Waals surface area contributed by atoms with Gasteiger partial charge in [-0.1, -0.05) is 41.6 Å². The van der Waals surface area contributed by atoms with Crippen LogP contribution in [0.3, 0.4) is 0 Å². The Morgan fingerprint density at radius 2 is 1.87 bits per heavy atom. The first-order chi connectivity index (χ1) is 7.20. The minimum atomic E-state index is -0.187. The molecule has 0 amide bonds. The summed E-state index contributed by atoms with van der Waals surface area (Å²) >= 11 is 9.37. The van der Waals surface area contributed by atoms with Crippen molar-refractivity contribution in [2.24, 2.45) is 5.92 Å². The molecule has 15 heavy (non-hydrogen) atoms. The van der Waals surface area contributed by atoms with Crippen LogP contribution >= 0.6 is 27.5 Å². The average Bonchev–Trinajstić information content (AvgIpc) is 2.54. The van der Waals surface area contributed by atoms with Crippen molar-refractivity contribution in [3.63, 3.8) is 0 Å². The highest BCUT2D eigenvalue weighted by molar-refractivity contribution is 9.09. The standard InChI is InChI=1S/C12H22BrClO/c1-12(9-13,10-14)15-8-11-6-4-2-3-5-7-11/h11H,2-10H2,1H3. The SMILES string of the molecule is CC(CCl)(CBr)OCC1CCCCCC1. The van der Waals surface area contributed by atoms with E-state index in [1.807, 2.05) is 0 Å². The van der Waals surface area contributed by atoms with Gasteiger partial charge in [-0.2, -0.15) is 0 Å². The lowest BCUT2D eigenvalue weighted by atomic mass is 10.0. The molecule has 90 valence electrons. The maximum absolute atomic E-state index is 5.94. The van der Waals surface area contributed by atoms with Gasteiger partial charge in [-0.25, -0.2) is 0 Å². The fourth-order valence-electron chi connectivity index (χ4n) is 1.96. The molecule has 1 aliphatic rings. The van der Waals surface area contributed by atoms with Gasteiger partial charge in [-0.15, -0.1) is 11.6 Å². The van der Waals surface area contributed by atoms with Crippen LogP contribution in [0.4, 0.5) is 0 Å². The van der Waals surface area contributed by atoms with Gasteiger partial charge in [0.25, 0.3) is 0 Å². The molecule has 1 nitrogen and oxygen atoms in total. The summed E-state index contributed by atoms with van der Waals surface area (Å²) in [7, 11) is 0. The zero-order valence-corrected chi connectivity index (χ0v) is 11.9. The van der Waals surface area contributed by atoms with E-state index >= 15 is 0 Å². The van der Waals surface area contributed by atoms with Gasteiger partial charge in [0.1, 0.15) is 0 Å². The molecule has 0 heterocycles. The van der Waals surface area contributed by atoms with Crippen LogP contribution in [0.15, 0.2) is 0 Å². The van der Waals surface area contributed by atoms with Gasteiger partial charge in [0.05, 0.1) is 18.1 Å². The third-order valence-electron chi connectivity index (χ3n) is 3.21. The highest BCUT2D eigenvalue weighted by atomic mass is 79.9. The van der Waals surface area contributed by atoms with Crippen LogP contribution in [0.25, 0.3) is 0 Å². The third-order valence-corrected chi connectivity index (χ3v) is 4.96. The molecule has 1 rings (SSSR count). The zero-order valence-electron chi connectivity index (χ0n) is 9.61. The number of alkyl halides is 2. The van der Waals surface area contributed by atoms with E-state index in [2.05, 4.69) is 22.9 Å². The van der Waals surface area contributed by atoms with Crippen molar-refractivity contribution in [3.8, 4) is 0 Å². The molecule has 1 fully saturated rings. The Bertz CT molecular complexity index is 163.